The molecule has 0 spiro atoms. The molecule has 2 rings (SSSR count). The molecule has 1 aromatic carbocycles. The molecule has 2 N–H and O–H groups in total. The number of carbonyl (C=O) groups excluding carboxylic acids is 2. The second kappa shape index (κ2) is 7.50. The highest BCUT2D eigenvalue weighted by Crippen LogP contribution is 2.26. The Morgan fingerprint density at radius 1 is 1.33 bits per heavy atom. The van der Waals surface area contributed by atoms with Crippen molar-refractivity contribution in [3.05, 3.63) is 29.8 Å². The normalized spacial score (nSPS) is 19.0. The van der Waals surface area contributed by atoms with E-state index in [1.165, 1.54) is 0 Å². The lowest BCUT2D eigenvalue weighted by atomic mass is 10.1. The maximum absolute atomic E-state index is 12.5. The van der Waals surface area contributed by atoms with Gasteiger partial charge in [0.1, 0.15) is 6.04 Å². The molecule has 1 aliphatic rings. The molecule has 0 aromatic heterocycles. The van der Waals surface area contributed by atoms with Gasteiger partial charge < -0.3 is 10.6 Å². The molecular formula is C16H22N2O2S. The number of hydrogen-bond acceptors (Lipinski definition) is 3. The molecule has 0 saturated carbocycles. The summed E-state index contributed by atoms with van der Waals surface area (Å²) in [6.07, 6.45) is 2.63. The van der Waals surface area contributed by atoms with Crippen LogP contribution in [0.25, 0.3) is 0 Å². The van der Waals surface area contributed by atoms with Crippen LogP contribution < -0.4 is 10.6 Å². The van der Waals surface area contributed by atoms with Gasteiger partial charge in [-0.1, -0.05) is 26.0 Å². The number of hydrogen-bond donors (Lipinski definition) is 2. The first-order valence-corrected chi connectivity index (χ1v) is 8.30. The third-order valence-electron chi connectivity index (χ3n) is 3.33. The Morgan fingerprint density at radius 2 is 2.10 bits per heavy atom. The summed E-state index contributed by atoms with van der Waals surface area (Å²) in [6.45, 7) is 4.89. The average molecular weight is 306 g/mol. The minimum Gasteiger partial charge on any atom is -0.354 e. The van der Waals surface area contributed by atoms with Crippen LogP contribution in [0.4, 0.5) is 0 Å². The molecule has 1 atom stereocenters. The van der Waals surface area contributed by atoms with E-state index in [2.05, 4.69) is 24.5 Å². The van der Waals surface area contributed by atoms with Gasteiger partial charge in [0.15, 0.2) is 0 Å². The van der Waals surface area contributed by atoms with Crippen LogP contribution in [0.5, 0.6) is 0 Å². The molecule has 5 heteroatoms. The molecule has 1 aromatic rings. The van der Waals surface area contributed by atoms with Crippen LogP contribution in [0.15, 0.2) is 29.2 Å². The second-order valence-corrected chi connectivity index (χ2v) is 7.09. The van der Waals surface area contributed by atoms with Gasteiger partial charge in [-0.15, -0.1) is 11.8 Å². The standard InChI is InChI=1S/C16H22N2O2S/c1-11(2)21-14-9-4-3-7-12(14)15(19)18-13-8-5-6-10-17-16(13)20/h3-4,7,9,11,13H,5-6,8,10H2,1-2H3,(H,17,20)(H,18,19)/t13-/m1/s1. The molecule has 1 fully saturated rings. The van der Waals surface area contributed by atoms with E-state index in [4.69, 9.17) is 0 Å². The summed E-state index contributed by atoms with van der Waals surface area (Å²) < 4.78 is 0. The number of amides is 2. The summed E-state index contributed by atoms with van der Waals surface area (Å²) >= 11 is 1.66. The minimum atomic E-state index is -0.419. The smallest absolute Gasteiger partial charge is 0.253 e. The van der Waals surface area contributed by atoms with Crippen molar-refractivity contribution in [2.45, 2.75) is 49.3 Å². The van der Waals surface area contributed by atoms with Crippen molar-refractivity contribution in [1.82, 2.24) is 10.6 Å². The van der Waals surface area contributed by atoms with E-state index >= 15 is 0 Å². The van der Waals surface area contributed by atoms with E-state index in [9.17, 15) is 9.59 Å². The monoisotopic (exact) mass is 306 g/mol. The van der Waals surface area contributed by atoms with E-state index in [1.807, 2.05) is 24.3 Å². The van der Waals surface area contributed by atoms with Crippen LogP contribution in [0, 0.1) is 0 Å². The zero-order valence-electron chi connectivity index (χ0n) is 12.5. The van der Waals surface area contributed by atoms with Crippen molar-refractivity contribution in [2.75, 3.05) is 6.54 Å². The fourth-order valence-electron chi connectivity index (χ4n) is 2.32. The van der Waals surface area contributed by atoms with Crippen molar-refractivity contribution >= 4 is 23.6 Å². The summed E-state index contributed by atoms with van der Waals surface area (Å²) in [6, 6.07) is 7.13. The lowest BCUT2D eigenvalue weighted by molar-refractivity contribution is -0.122. The fourth-order valence-corrected chi connectivity index (χ4v) is 3.28. The SMILES string of the molecule is CC(C)Sc1ccccc1C(=O)N[C@@H]1CCCCNC1=O. The quantitative estimate of drug-likeness (QED) is 0.841. The Hall–Kier alpha value is -1.49. The molecule has 1 saturated heterocycles. The van der Waals surface area contributed by atoms with Gasteiger partial charge in [0.05, 0.1) is 5.56 Å². The minimum absolute atomic E-state index is 0.0742. The highest BCUT2D eigenvalue weighted by molar-refractivity contribution is 8.00. The summed E-state index contributed by atoms with van der Waals surface area (Å²) in [7, 11) is 0. The first-order valence-electron chi connectivity index (χ1n) is 7.42. The molecule has 4 nitrogen and oxygen atoms in total. The number of carbonyl (C=O) groups is 2. The van der Waals surface area contributed by atoms with E-state index in [0.29, 0.717) is 23.8 Å². The Morgan fingerprint density at radius 3 is 2.86 bits per heavy atom. The number of nitrogens with one attached hydrogen (secondary N) is 2. The highest BCUT2D eigenvalue weighted by Gasteiger charge is 2.23. The molecule has 2 amide bonds. The summed E-state index contributed by atoms with van der Waals surface area (Å²) in [5.41, 5.74) is 0.647. The third kappa shape index (κ3) is 4.49. The maximum atomic E-state index is 12.5. The summed E-state index contributed by atoms with van der Waals surface area (Å²) in [4.78, 5) is 25.3. The van der Waals surface area contributed by atoms with Gasteiger partial charge in [-0.2, -0.15) is 0 Å². The Kier molecular flexibility index (Phi) is 5.67. The number of benzene rings is 1. The lowest BCUT2D eigenvalue weighted by Gasteiger charge is -2.17. The van der Waals surface area contributed by atoms with Crippen molar-refractivity contribution < 1.29 is 9.59 Å². The van der Waals surface area contributed by atoms with E-state index in [1.54, 1.807) is 11.8 Å². The van der Waals surface area contributed by atoms with Crippen LogP contribution in [0.2, 0.25) is 0 Å². The van der Waals surface area contributed by atoms with E-state index in [0.717, 1.165) is 17.7 Å². The van der Waals surface area contributed by atoms with Crippen LogP contribution in [-0.2, 0) is 4.79 Å². The van der Waals surface area contributed by atoms with Crippen molar-refractivity contribution in [1.29, 1.82) is 0 Å². The van der Waals surface area contributed by atoms with Crippen LogP contribution >= 0.6 is 11.8 Å². The highest BCUT2D eigenvalue weighted by atomic mass is 32.2. The van der Waals surface area contributed by atoms with Crippen LogP contribution in [0.1, 0.15) is 43.5 Å². The third-order valence-corrected chi connectivity index (χ3v) is 4.42. The molecule has 0 radical (unpaired) electrons. The van der Waals surface area contributed by atoms with Gasteiger partial charge in [-0.25, -0.2) is 0 Å². The molecule has 114 valence electrons. The van der Waals surface area contributed by atoms with Crippen LogP contribution in [0.3, 0.4) is 0 Å². The van der Waals surface area contributed by atoms with Gasteiger partial charge in [-0.3, -0.25) is 9.59 Å². The van der Waals surface area contributed by atoms with E-state index in [-0.39, 0.29) is 11.8 Å². The van der Waals surface area contributed by atoms with Gasteiger partial charge in [-0.05, 0) is 31.4 Å². The predicted octanol–water partition coefficient (Wildman–Crippen LogP) is 2.59. The van der Waals surface area contributed by atoms with Crippen molar-refractivity contribution in [3.8, 4) is 0 Å². The molecule has 0 bridgehead atoms. The molecule has 1 heterocycles. The van der Waals surface area contributed by atoms with Gasteiger partial charge >= 0.3 is 0 Å². The number of rotatable bonds is 4. The van der Waals surface area contributed by atoms with Crippen molar-refractivity contribution in [2.24, 2.45) is 0 Å². The van der Waals surface area contributed by atoms with Gasteiger partial charge in [0, 0.05) is 16.7 Å². The molecular weight excluding hydrogens is 284 g/mol. The summed E-state index contributed by atoms with van der Waals surface area (Å²) in [5.74, 6) is -0.240. The van der Waals surface area contributed by atoms with Gasteiger partial charge in [0.25, 0.3) is 5.91 Å². The lowest BCUT2D eigenvalue weighted by Crippen LogP contribution is -2.45. The molecule has 1 aliphatic heterocycles. The molecule has 0 aliphatic carbocycles. The Bertz CT molecular complexity index is 517. The Balaban J connectivity index is 2.10. The topological polar surface area (TPSA) is 58.2 Å². The second-order valence-electron chi connectivity index (χ2n) is 5.48. The number of thioether (sulfide) groups is 1. The predicted molar refractivity (Wildman–Crippen MR) is 85.5 cm³/mol. The fraction of sp³-hybridized carbons (Fsp3) is 0.500. The Labute approximate surface area is 130 Å². The first-order chi connectivity index (χ1) is 10.1. The van der Waals surface area contributed by atoms with Crippen molar-refractivity contribution in [3.63, 3.8) is 0 Å². The van der Waals surface area contributed by atoms with Gasteiger partial charge in [0.2, 0.25) is 5.91 Å². The largest absolute Gasteiger partial charge is 0.354 e. The average Bonchev–Trinajstić information content (AvgIpc) is 2.64. The first kappa shape index (κ1) is 15.9. The zero-order valence-corrected chi connectivity index (χ0v) is 13.3. The summed E-state index contributed by atoms with van der Waals surface area (Å²) in [5, 5.41) is 6.12. The zero-order chi connectivity index (χ0) is 15.2. The molecule has 0 unspecified atom stereocenters. The maximum Gasteiger partial charge on any atom is 0.253 e. The molecule has 21 heavy (non-hydrogen) atoms. The van der Waals surface area contributed by atoms with Crippen LogP contribution in [-0.4, -0.2) is 29.7 Å². The van der Waals surface area contributed by atoms with E-state index < -0.39 is 6.04 Å².